The van der Waals surface area contributed by atoms with Crippen LogP contribution >= 0.6 is 0 Å². The Morgan fingerprint density at radius 1 is 0.789 bits per heavy atom. The Balaban J connectivity index is 0.000000599. The number of nitrogens with zero attached hydrogens (tertiary/aromatic N) is 1. The van der Waals surface area contributed by atoms with Crippen LogP contribution in [0, 0.1) is 17.6 Å². The molecule has 0 saturated carbocycles. The first-order chi connectivity index (χ1) is 18.3. The summed E-state index contributed by atoms with van der Waals surface area (Å²) in [5, 5.41) is 14.8. The van der Waals surface area contributed by atoms with E-state index in [-0.39, 0.29) is 17.6 Å². The van der Waals surface area contributed by atoms with Gasteiger partial charge in [0.15, 0.2) is 0 Å². The van der Waals surface area contributed by atoms with Crippen molar-refractivity contribution in [1.29, 1.82) is 0 Å². The molecule has 38 heavy (non-hydrogen) atoms. The van der Waals surface area contributed by atoms with E-state index in [0.29, 0.717) is 5.92 Å². The molecule has 6 nitrogen and oxygen atoms in total. The Hall–Kier alpha value is -3.78. The van der Waals surface area contributed by atoms with E-state index in [2.05, 4.69) is 4.90 Å². The van der Waals surface area contributed by atoms with Gasteiger partial charge in [0.1, 0.15) is 17.4 Å². The molecule has 1 aliphatic rings. The molecule has 3 aromatic carbocycles. The number of hydrogen-bond acceptors (Lipinski definition) is 4. The molecule has 1 saturated heterocycles. The van der Waals surface area contributed by atoms with Gasteiger partial charge in [-0.15, -0.1) is 0 Å². The Morgan fingerprint density at radius 2 is 1.29 bits per heavy atom. The molecule has 4 rings (SSSR count). The normalized spacial score (nSPS) is 14.0. The number of rotatable bonds is 9. The molecule has 0 spiro atoms. The van der Waals surface area contributed by atoms with Gasteiger partial charge in [0.2, 0.25) is 0 Å². The van der Waals surface area contributed by atoms with E-state index in [9.17, 15) is 8.78 Å². The quantitative estimate of drug-likeness (QED) is 0.270. The highest BCUT2D eigenvalue weighted by molar-refractivity contribution is 6.27. The summed E-state index contributed by atoms with van der Waals surface area (Å²) < 4.78 is 32.8. The number of carboxylic acid groups (broad SMARTS) is 2. The average molecular weight is 526 g/mol. The van der Waals surface area contributed by atoms with Gasteiger partial charge in [0, 0.05) is 5.92 Å². The zero-order valence-corrected chi connectivity index (χ0v) is 21.1. The Morgan fingerprint density at radius 3 is 1.76 bits per heavy atom. The van der Waals surface area contributed by atoms with Crippen LogP contribution in [0.15, 0.2) is 78.9 Å². The molecule has 0 unspecified atom stereocenters. The molecule has 0 atom stereocenters. The lowest BCUT2D eigenvalue weighted by atomic mass is 9.76. The molecule has 3 aromatic rings. The van der Waals surface area contributed by atoms with Crippen molar-refractivity contribution in [2.24, 2.45) is 5.92 Å². The topological polar surface area (TPSA) is 87.1 Å². The number of hydrogen-bond donors (Lipinski definition) is 2. The summed E-state index contributed by atoms with van der Waals surface area (Å²) in [4.78, 5) is 20.7. The lowest BCUT2D eigenvalue weighted by molar-refractivity contribution is -0.159. The van der Waals surface area contributed by atoms with Crippen molar-refractivity contribution < 1.29 is 33.3 Å². The third kappa shape index (κ3) is 9.27. The monoisotopic (exact) mass is 525 g/mol. The number of halogens is 2. The Kier molecular flexibility index (Phi) is 11.2. The van der Waals surface area contributed by atoms with Gasteiger partial charge in [-0.25, -0.2) is 18.4 Å². The number of unbranched alkanes of at least 4 members (excludes halogenated alkanes) is 1. The number of aliphatic carboxylic acids is 2. The highest BCUT2D eigenvalue weighted by Crippen LogP contribution is 2.38. The van der Waals surface area contributed by atoms with Gasteiger partial charge in [-0.3, -0.25) is 0 Å². The van der Waals surface area contributed by atoms with Crippen molar-refractivity contribution >= 4 is 11.9 Å². The Bertz CT molecular complexity index is 1070. The molecule has 1 heterocycles. The predicted molar refractivity (Wildman–Crippen MR) is 140 cm³/mol. The summed E-state index contributed by atoms with van der Waals surface area (Å²) in [5.74, 6) is -2.54. The summed E-state index contributed by atoms with van der Waals surface area (Å²) >= 11 is 0. The van der Waals surface area contributed by atoms with Crippen LogP contribution in [-0.4, -0.2) is 53.3 Å². The summed E-state index contributed by atoms with van der Waals surface area (Å²) in [6.07, 6.45) is 4.33. The van der Waals surface area contributed by atoms with Crippen molar-refractivity contribution in [2.75, 3.05) is 26.2 Å². The summed E-state index contributed by atoms with van der Waals surface area (Å²) in [6.45, 7) is 3.95. The standard InChI is InChI=1S/C28H31F2NO.C2H2O4/c29-25-12-8-22(9-13-25)28(23-10-14-26(30)15-11-23)24-16-19-31(20-17-24)18-4-5-21-32-27-6-2-1-3-7-27;3-1(4)2(5)6/h1-3,6-15,24,28H,4-5,16-21H2;(H,3,4)(H,5,6). The fraction of sp³-hybridized carbons (Fsp3) is 0.333. The van der Waals surface area contributed by atoms with E-state index >= 15 is 0 Å². The molecule has 0 bridgehead atoms. The number of benzene rings is 3. The molecular weight excluding hydrogens is 492 g/mol. The van der Waals surface area contributed by atoms with Crippen molar-refractivity contribution in [3.63, 3.8) is 0 Å². The van der Waals surface area contributed by atoms with E-state index in [1.165, 1.54) is 24.3 Å². The number of carbonyl (C=O) groups is 2. The van der Waals surface area contributed by atoms with E-state index < -0.39 is 11.9 Å². The molecule has 2 N–H and O–H groups in total. The van der Waals surface area contributed by atoms with Crippen molar-refractivity contribution in [3.8, 4) is 5.75 Å². The maximum absolute atomic E-state index is 13.5. The Labute approximate surface area is 221 Å². The van der Waals surface area contributed by atoms with Gasteiger partial charge in [-0.05, 0) is 98.8 Å². The second-order valence-corrected chi connectivity index (χ2v) is 9.24. The van der Waals surface area contributed by atoms with Crippen LogP contribution in [0.3, 0.4) is 0 Å². The van der Waals surface area contributed by atoms with Gasteiger partial charge >= 0.3 is 11.9 Å². The van der Waals surface area contributed by atoms with Gasteiger partial charge in [0.05, 0.1) is 6.61 Å². The van der Waals surface area contributed by atoms with Crippen LogP contribution in [0.1, 0.15) is 42.7 Å². The van der Waals surface area contributed by atoms with E-state index in [1.807, 2.05) is 54.6 Å². The highest BCUT2D eigenvalue weighted by atomic mass is 19.1. The van der Waals surface area contributed by atoms with Crippen LogP contribution in [0.2, 0.25) is 0 Å². The van der Waals surface area contributed by atoms with Crippen LogP contribution in [0.25, 0.3) is 0 Å². The molecule has 0 radical (unpaired) electrons. The first-order valence-electron chi connectivity index (χ1n) is 12.7. The van der Waals surface area contributed by atoms with Crippen LogP contribution in [-0.2, 0) is 9.59 Å². The molecule has 1 aliphatic heterocycles. The molecule has 0 amide bonds. The van der Waals surface area contributed by atoms with Crippen LogP contribution in [0.5, 0.6) is 5.75 Å². The van der Waals surface area contributed by atoms with Crippen molar-refractivity contribution in [3.05, 3.63) is 102 Å². The minimum Gasteiger partial charge on any atom is -0.494 e. The second kappa shape index (κ2) is 14.8. The van der Waals surface area contributed by atoms with Crippen molar-refractivity contribution in [2.45, 2.75) is 31.6 Å². The number of carboxylic acids is 2. The summed E-state index contributed by atoms with van der Waals surface area (Å²) in [6, 6.07) is 23.6. The number of para-hydroxylation sites is 1. The molecule has 0 aromatic heterocycles. The third-order valence-corrected chi connectivity index (χ3v) is 6.63. The highest BCUT2D eigenvalue weighted by Gasteiger charge is 2.29. The van der Waals surface area contributed by atoms with Gasteiger partial charge in [-0.2, -0.15) is 0 Å². The van der Waals surface area contributed by atoms with Crippen molar-refractivity contribution in [1.82, 2.24) is 4.90 Å². The number of ether oxygens (including phenoxy) is 1. The third-order valence-electron chi connectivity index (χ3n) is 6.63. The average Bonchev–Trinajstić information content (AvgIpc) is 2.92. The smallest absolute Gasteiger partial charge is 0.414 e. The lowest BCUT2D eigenvalue weighted by Gasteiger charge is -2.36. The zero-order valence-electron chi connectivity index (χ0n) is 21.1. The van der Waals surface area contributed by atoms with E-state index in [4.69, 9.17) is 24.5 Å². The summed E-state index contributed by atoms with van der Waals surface area (Å²) in [7, 11) is 0. The summed E-state index contributed by atoms with van der Waals surface area (Å²) in [5.41, 5.74) is 2.21. The lowest BCUT2D eigenvalue weighted by Crippen LogP contribution is -2.36. The first kappa shape index (κ1) is 28.8. The maximum Gasteiger partial charge on any atom is 0.414 e. The molecule has 8 heteroatoms. The van der Waals surface area contributed by atoms with Crippen LogP contribution < -0.4 is 4.74 Å². The fourth-order valence-corrected chi connectivity index (χ4v) is 4.73. The largest absolute Gasteiger partial charge is 0.494 e. The second-order valence-electron chi connectivity index (χ2n) is 9.24. The zero-order chi connectivity index (χ0) is 27.3. The maximum atomic E-state index is 13.5. The van der Waals surface area contributed by atoms with Gasteiger partial charge in [-0.1, -0.05) is 42.5 Å². The van der Waals surface area contributed by atoms with Gasteiger partial charge < -0.3 is 19.8 Å². The fourth-order valence-electron chi connectivity index (χ4n) is 4.73. The van der Waals surface area contributed by atoms with Crippen LogP contribution in [0.4, 0.5) is 8.78 Å². The van der Waals surface area contributed by atoms with E-state index in [1.54, 1.807) is 0 Å². The molecule has 0 aliphatic carbocycles. The molecule has 1 fully saturated rings. The molecular formula is C30H33F2NO5. The van der Waals surface area contributed by atoms with E-state index in [0.717, 1.165) is 68.8 Å². The predicted octanol–water partition coefficient (Wildman–Crippen LogP) is 5.82. The minimum absolute atomic E-state index is 0.164. The molecule has 202 valence electrons. The number of piperidine rings is 1. The SMILES string of the molecule is Fc1ccc(C(c2ccc(F)cc2)C2CCN(CCCCOc3ccccc3)CC2)cc1.O=C(O)C(=O)O. The van der Waals surface area contributed by atoms with Gasteiger partial charge in [0.25, 0.3) is 0 Å². The first-order valence-corrected chi connectivity index (χ1v) is 12.7. The number of likely N-dealkylation sites (tertiary alicyclic amines) is 1. The minimum atomic E-state index is -1.82.